The van der Waals surface area contributed by atoms with Crippen LogP contribution in [0.4, 0.5) is 10.3 Å². The van der Waals surface area contributed by atoms with Crippen molar-refractivity contribution >= 4 is 22.8 Å². The van der Waals surface area contributed by atoms with Crippen LogP contribution in [0, 0.1) is 5.82 Å². The number of carboxylic acids is 1. The molecule has 176 valence electrons. The number of halogens is 1. The maximum atomic E-state index is 13.7. The Hall–Kier alpha value is -3.94. The molecule has 0 saturated carbocycles. The van der Waals surface area contributed by atoms with Crippen LogP contribution in [0.2, 0.25) is 0 Å². The Bertz CT molecular complexity index is 1300. The first kappa shape index (κ1) is 23.2. The number of carbonyl (C=O) groups is 1. The smallest absolute Gasteiger partial charge is 0.339 e. The molecule has 0 fully saturated rings. The van der Waals surface area contributed by atoms with Crippen LogP contribution in [0.15, 0.2) is 60.9 Å². The van der Waals surface area contributed by atoms with E-state index in [-0.39, 0.29) is 17.9 Å². The summed E-state index contributed by atoms with van der Waals surface area (Å²) in [4.78, 5) is 22.2. The van der Waals surface area contributed by atoms with E-state index in [1.807, 2.05) is 19.2 Å². The molecule has 4 aromatic rings. The summed E-state index contributed by atoms with van der Waals surface area (Å²) >= 11 is 0. The van der Waals surface area contributed by atoms with Crippen molar-refractivity contribution in [1.82, 2.24) is 14.5 Å². The molecule has 0 aliphatic heterocycles. The molecule has 0 bridgehead atoms. The summed E-state index contributed by atoms with van der Waals surface area (Å²) in [5.74, 6) is -0.868. The largest absolute Gasteiger partial charge is 0.489 e. The molecule has 2 heterocycles. The van der Waals surface area contributed by atoms with Gasteiger partial charge in [-0.15, -0.1) is 0 Å². The number of hydrogen-bond donors (Lipinski definition) is 1. The van der Waals surface area contributed by atoms with Gasteiger partial charge < -0.3 is 19.3 Å². The summed E-state index contributed by atoms with van der Waals surface area (Å²) in [7, 11) is 3.82. The molecule has 0 radical (unpaired) electrons. The number of benzene rings is 2. The van der Waals surface area contributed by atoms with E-state index in [0.717, 1.165) is 12.8 Å². The molecule has 2 aromatic carbocycles. The van der Waals surface area contributed by atoms with Crippen molar-refractivity contribution in [3.05, 3.63) is 83.6 Å². The second kappa shape index (κ2) is 10.3. The number of hydrogen-bond acceptors (Lipinski definition) is 5. The summed E-state index contributed by atoms with van der Waals surface area (Å²) in [6, 6.07) is 14.5. The number of aromatic nitrogens is 3. The number of aromatic carboxylic acids is 1. The Kier molecular flexibility index (Phi) is 7.06. The Balaban J connectivity index is 1.42. The highest BCUT2D eigenvalue weighted by Crippen LogP contribution is 2.23. The van der Waals surface area contributed by atoms with Gasteiger partial charge in [0, 0.05) is 37.4 Å². The van der Waals surface area contributed by atoms with Crippen molar-refractivity contribution < 1.29 is 19.0 Å². The first-order valence-electron chi connectivity index (χ1n) is 11.1. The van der Waals surface area contributed by atoms with Gasteiger partial charge in [0.15, 0.2) is 11.6 Å². The zero-order valence-corrected chi connectivity index (χ0v) is 19.2. The Morgan fingerprint density at radius 3 is 2.71 bits per heavy atom. The third-order valence-corrected chi connectivity index (χ3v) is 5.79. The van der Waals surface area contributed by atoms with Crippen LogP contribution in [-0.2, 0) is 19.9 Å². The van der Waals surface area contributed by atoms with Crippen LogP contribution >= 0.6 is 0 Å². The highest BCUT2D eigenvalue weighted by atomic mass is 19.1. The standard InChI is InChI=1S/C26H27FN4O3/c1-30(14-15-34-24-13-6-4-10-21(24)27)26-28-16-20(25(32)33)22(29-26)11-7-8-18-17-31(2)23-12-5-3-9-19(18)23/h3-6,9-10,12-13,16-17H,7-8,11,14-15H2,1-2H3,(H,32,33). The number of likely N-dealkylation sites (N-methyl/N-ethyl adjacent to an activating group) is 1. The highest BCUT2D eigenvalue weighted by Gasteiger charge is 2.16. The number of nitrogens with zero attached hydrogens (tertiary/aromatic N) is 4. The lowest BCUT2D eigenvalue weighted by Gasteiger charge is -2.18. The highest BCUT2D eigenvalue weighted by molar-refractivity contribution is 5.88. The minimum atomic E-state index is -1.04. The van der Waals surface area contributed by atoms with Gasteiger partial charge in [0.05, 0.1) is 17.8 Å². The maximum absolute atomic E-state index is 13.7. The second-order valence-corrected chi connectivity index (χ2v) is 8.17. The van der Waals surface area contributed by atoms with E-state index >= 15 is 0 Å². The minimum absolute atomic E-state index is 0.109. The quantitative estimate of drug-likeness (QED) is 0.374. The van der Waals surface area contributed by atoms with E-state index in [9.17, 15) is 14.3 Å². The van der Waals surface area contributed by atoms with Crippen molar-refractivity contribution in [2.45, 2.75) is 19.3 Å². The summed E-state index contributed by atoms with van der Waals surface area (Å²) in [5.41, 5.74) is 3.01. The van der Waals surface area contributed by atoms with E-state index in [4.69, 9.17) is 4.74 Å². The summed E-state index contributed by atoms with van der Waals surface area (Å²) in [5, 5.41) is 10.8. The Morgan fingerprint density at radius 2 is 1.91 bits per heavy atom. The normalized spacial score (nSPS) is 11.0. The lowest BCUT2D eigenvalue weighted by Crippen LogP contribution is -2.26. The fourth-order valence-corrected chi connectivity index (χ4v) is 3.99. The van der Waals surface area contributed by atoms with E-state index in [1.165, 1.54) is 28.7 Å². The van der Waals surface area contributed by atoms with Gasteiger partial charge in [0.1, 0.15) is 6.61 Å². The fraction of sp³-hybridized carbons (Fsp3) is 0.269. The van der Waals surface area contributed by atoms with Crippen molar-refractivity contribution in [3.63, 3.8) is 0 Å². The topological polar surface area (TPSA) is 80.5 Å². The number of anilines is 1. The summed E-state index contributed by atoms with van der Waals surface area (Å²) in [6.07, 6.45) is 5.56. The van der Waals surface area contributed by atoms with Gasteiger partial charge in [0.25, 0.3) is 0 Å². The second-order valence-electron chi connectivity index (χ2n) is 8.17. The van der Waals surface area contributed by atoms with Gasteiger partial charge in [0.2, 0.25) is 5.95 Å². The molecule has 0 aliphatic rings. The van der Waals surface area contributed by atoms with E-state index < -0.39 is 11.8 Å². The van der Waals surface area contributed by atoms with Crippen LogP contribution in [0.1, 0.15) is 28.0 Å². The van der Waals surface area contributed by atoms with Crippen LogP contribution in [0.25, 0.3) is 10.9 Å². The van der Waals surface area contributed by atoms with Crippen molar-refractivity contribution in [2.24, 2.45) is 7.05 Å². The number of carboxylic acid groups (broad SMARTS) is 1. The molecule has 34 heavy (non-hydrogen) atoms. The third-order valence-electron chi connectivity index (χ3n) is 5.79. The van der Waals surface area contributed by atoms with Gasteiger partial charge in [-0.05, 0) is 43.0 Å². The molecule has 0 atom stereocenters. The van der Waals surface area contributed by atoms with Crippen molar-refractivity contribution in [1.29, 1.82) is 0 Å². The summed E-state index contributed by atoms with van der Waals surface area (Å²) < 4.78 is 21.3. The van der Waals surface area contributed by atoms with E-state index in [1.54, 1.807) is 30.1 Å². The zero-order valence-electron chi connectivity index (χ0n) is 19.2. The molecule has 8 heteroatoms. The Labute approximate surface area is 197 Å². The first-order valence-corrected chi connectivity index (χ1v) is 11.1. The van der Waals surface area contributed by atoms with Crippen LogP contribution < -0.4 is 9.64 Å². The SMILES string of the molecule is CN(CCOc1ccccc1F)c1ncc(C(=O)O)c(CCCc2cn(C)c3ccccc23)n1. The first-order chi connectivity index (χ1) is 16.4. The molecule has 1 N–H and O–H groups in total. The molecular formula is C26H27FN4O3. The van der Waals surface area contributed by atoms with Gasteiger partial charge in [-0.1, -0.05) is 30.3 Å². The van der Waals surface area contributed by atoms with Gasteiger partial charge in [-0.2, -0.15) is 0 Å². The molecule has 0 unspecified atom stereocenters. The number of aryl methyl sites for hydroxylation is 3. The van der Waals surface area contributed by atoms with Crippen LogP contribution in [0.5, 0.6) is 5.75 Å². The van der Waals surface area contributed by atoms with Crippen LogP contribution in [0.3, 0.4) is 0 Å². The van der Waals surface area contributed by atoms with Gasteiger partial charge in [-0.3, -0.25) is 0 Å². The zero-order chi connectivity index (χ0) is 24.1. The van der Waals surface area contributed by atoms with Crippen molar-refractivity contribution in [3.8, 4) is 5.75 Å². The molecule has 4 rings (SSSR count). The predicted octanol–water partition coefficient (Wildman–Crippen LogP) is 4.50. The average molecular weight is 463 g/mol. The molecule has 0 saturated heterocycles. The number of para-hydroxylation sites is 2. The molecule has 0 amide bonds. The predicted molar refractivity (Wildman–Crippen MR) is 129 cm³/mol. The molecule has 0 spiro atoms. The maximum Gasteiger partial charge on any atom is 0.339 e. The molecular weight excluding hydrogens is 435 g/mol. The monoisotopic (exact) mass is 462 g/mol. The number of rotatable bonds is 10. The number of ether oxygens (including phenoxy) is 1. The van der Waals surface area contributed by atoms with Crippen molar-refractivity contribution in [2.75, 3.05) is 25.1 Å². The number of fused-ring (bicyclic) bond motifs is 1. The molecule has 2 aromatic heterocycles. The lowest BCUT2D eigenvalue weighted by atomic mass is 10.0. The summed E-state index contributed by atoms with van der Waals surface area (Å²) in [6.45, 7) is 0.647. The Morgan fingerprint density at radius 1 is 1.15 bits per heavy atom. The van der Waals surface area contributed by atoms with Gasteiger partial charge in [-0.25, -0.2) is 19.2 Å². The average Bonchev–Trinajstić information content (AvgIpc) is 3.15. The minimum Gasteiger partial charge on any atom is -0.489 e. The van der Waals surface area contributed by atoms with E-state index in [2.05, 4.69) is 32.9 Å². The molecule has 7 nitrogen and oxygen atoms in total. The third kappa shape index (κ3) is 5.17. The molecule has 0 aliphatic carbocycles. The lowest BCUT2D eigenvalue weighted by molar-refractivity contribution is 0.0694. The van der Waals surface area contributed by atoms with Crippen LogP contribution in [-0.4, -0.2) is 45.8 Å². The van der Waals surface area contributed by atoms with E-state index in [0.29, 0.717) is 24.6 Å². The fourth-order valence-electron chi connectivity index (χ4n) is 3.99. The van der Waals surface area contributed by atoms with Gasteiger partial charge >= 0.3 is 5.97 Å².